The summed E-state index contributed by atoms with van der Waals surface area (Å²) >= 11 is 0. The number of amides is 1. The van der Waals surface area contributed by atoms with Crippen molar-refractivity contribution in [1.82, 2.24) is 0 Å². The third kappa shape index (κ3) is 0.797. The summed E-state index contributed by atoms with van der Waals surface area (Å²) < 4.78 is 5.32. The van der Waals surface area contributed by atoms with Crippen LogP contribution in [0.2, 0.25) is 0 Å². The molecule has 0 aromatic heterocycles. The Bertz CT molecular complexity index is 226. The second kappa shape index (κ2) is 2.06. The largest absolute Gasteiger partial charge is 0.369 e. The standard InChI is InChI=1S/C7H10N2O2/c8-6-4-2-1-3(11-4)5(6)7(9)10/h1-6H,8H2,(H2,9,10)/t3-,4+,5-,6+/m0/s1. The lowest BCUT2D eigenvalue weighted by molar-refractivity contribution is -0.122. The summed E-state index contributed by atoms with van der Waals surface area (Å²) in [7, 11) is 0. The number of fused-ring (bicyclic) bond motifs is 2. The normalized spacial score (nSPS) is 46.6. The van der Waals surface area contributed by atoms with Crippen LogP contribution in [-0.4, -0.2) is 24.2 Å². The Morgan fingerprint density at radius 3 is 2.36 bits per heavy atom. The van der Waals surface area contributed by atoms with Crippen molar-refractivity contribution < 1.29 is 9.53 Å². The van der Waals surface area contributed by atoms with E-state index < -0.39 is 0 Å². The molecule has 2 aliphatic rings. The molecule has 2 aliphatic heterocycles. The van der Waals surface area contributed by atoms with Gasteiger partial charge < -0.3 is 16.2 Å². The van der Waals surface area contributed by atoms with Gasteiger partial charge in [-0.2, -0.15) is 0 Å². The minimum atomic E-state index is -0.366. The van der Waals surface area contributed by atoms with E-state index in [0.29, 0.717) is 0 Å². The van der Waals surface area contributed by atoms with Gasteiger partial charge in [0.1, 0.15) is 0 Å². The van der Waals surface area contributed by atoms with Gasteiger partial charge in [-0.15, -0.1) is 0 Å². The number of rotatable bonds is 1. The molecule has 4 N–H and O–H groups in total. The SMILES string of the molecule is NC(=O)[C@@H]1[C@H](N)[C@H]2C=C[C@@H]1O2. The van der Waals surface area contributed by atoms with Crippen molar-refractivity contribution >= 4 is 5.91 Å². The fourth-order valence-corrected chi connectivity index (χ4v) is 1.69. The summed E-state index contributed by atoms with van der Waals surface area (Å²) in [6.45, 7) is 0. The van der Waals surface area contributed by atoms with E-state index in [4.69, 9.17) is 16.2 Å². The molecule has 0 aliphatic carbocycles. The highest BCUT2D eigenvalue weighted by Crippen LogP contribution is 2.32. The van der Waals surface area contributed by atoms with Crippen molar-refractivity contribution in [2.24, 2.45) is 17.4 Å². The summed E-state index contributed by atoms with van der Waals surface area (Å²) in [6, 6.07) is -0.248. The van der Waals surface area contributed by atoms with Crippen LogP contribution in [0.5, 0.6) is 0 Å². The van der Waals surface area contributed by atoms with E-state index >= 15 is 0 Å². The number of hydrogen-bond donors (Lipinski definition) is 2. The molecule has 0 aromatic rings. The first-order valence-corrected chi connectivity index (χ1v) is 3.59. The van der Waals surface area contributed by atoms with Crippen LogP contribution < -0.4 is 11.5 Å². The lowest BCUT2D eigenvalue weighted by Crippen LogP contribution is -2.44. The Morgan fingerprint density at radius 1 is 1.36 bits per heavy atom. The maximum absolute atomic E-state index is 10.8. The molecule has 1 amide bonds. The summed E-state index contributed by atoms with van der Waals surface area (Å²) in [5, 5.41) is 0. The van der Waals surface area contributed by atoms with E-state index in [2.05, 4.69) is 0 Å². The topological polar surface area (TPSA) is 78.3 Å². The molecule has 11 heavy (non-hydrogen) atoms. The molecule has 1 fully saturated rings. The molecular weight excluding hydrogens is 144 g/mol. The van der Waals surface area contributed by atoms with Gasteiger partial charge in [0.25, 0.3) is 0 Å². The summed E-state index contributed by atoms with van der Waals surface area (Å²) in [5.41, 5.74) is 10.8. The Labute approximate surface area is 64.2 Å². The first-order chi connectivity index (χ1) is 5.20. The van der Waals surface area contributed by atoms with Crippen molar-refractivity contribution in [2.75, 3.05) is 0 Å². The Hall–Kier alpha value is -0.870. The monoisotopic (exact) mass is 154 g/mol. The van der Waals surface area contributed by atoms with Crippen LogP contribution in [0.3, 0.4) is 0 Å². The molecule has 2 heterocycles. The number of ether oxygens (including phenoxy) is 1. The third-order valence-corrected chi connectivity index (χ3v) is 2.28. The quantitative estimate of drug-likeness (QED) is 0.463. The molecule has 60 valence electrons. The van der Waals surface area contributed by atoms with Gasteiger partial charge in [-0.05, 0) is 0 Å². The molecule has 0 saturated carbocycles. The van der Waals surface area contributed by atoms with Crippen LogP contribution >= 0.6 is 0 Å². The number of carbonyl (C=O) groups excluding carboxylic acids is 1. The van der Waals surface area contributed by atoms with E-state index in [1.165, 1.54) is 0 Å². The molecule has 2 bridgehead atoms. The minimum Gasteiger partial charge on any atom is -0.369 e. The number of primary amides is 1. The van der Waals surface area contributed by atoms with E-state index in [0.717, 1.165) is 0 Å². The average Bonchev–Trinajstić information content (AvgIpc) is 2.44. The van der Waals surface area contributed by atoms with Crippen molar-refractivity contribution in [3.8, 4) is 0 Å². The Balaban J connectivity index is 2.25. The second-order valence-corrected chi connectivity index (χ2v) is 2.96. The molecule has 4 atom stereocenters. The zero-order valence-electron chi connectivity index (χ0n) is 5.94. The van der Waals surface area contributed by atoms with Gasteiger partial charge in [0.15, 0.2) is 0 Å². The highest BCUT2D eigenvalue weighted by molar-refractivity contribution is 5.79. The predicted octanol–water partition coefficient (Wildman–Crippen LogP) is -1.25. The molecular formula is C7H10N2O2. The molecule has 0 aromatic carbocycles. The molecule has 4 nitrogen and oxygen atoms in total. The van der Waals surface area contributed by atoms with Gasteiger partial charge in [0, 0.05) is 6.04 Å². The fraction of sp³-hybridized carbons (Fsp3) is 0.571. The molecule has 1 saturated heterocycles. The Kier molecular flexibility index (Phi) is 1.27. The summed E-state index contributed by atoms with van der Waals surface area (Å²) in [4.78, 5) is 10.8. The summed E-state index contributed by atoms with van der Waals surface area (Å²) in [6.07, 6.45) is 3.46. The van der Waals surface area contributed by atoms with Crippen molar-refractivity contribution in [3.63, 3.8) is 0 Å². The number of hydrogen-bond acceptors (Lipinski definition) is 3. The highest BCUT2D eigenvalue weighted by atomic mass is 16.5. The number of nitrogens with two attached hydrogens (primary N) is 2. The van der Waals surface area contributed by atoms with Crippen LogP contribution in [0, 0.1) is 5.92 Å². The summed E-state index contributed by atoms with van der Waals surface area (Å²) in [5.74, 6) is -0.695. The smallest absolute Gasteiger partial charge is 0.225 e. The Morgan fingerprint density at radius 2 is 2.00 bits per heavy atom. The lowest BCUT2D eigenvalue weighted by Gasteiger charge is -2.17. The average molecular weight is 154 g/mol. The van der Waals surface area contributed by atoms with Crippen LogP contribution in [0.25, 0.3) is 0 Å². The first-order valence-electron chi connectivity index (χ1n) is 3.59. The predicted molar refractivity (Wildman–Crippen MR) is 38.5 cm³/mol. The number of carbonyl (C=O) groups is 1. The minimum absolute atomic E-state index is 0.0995. The maximum atomic E-state index is 10.8. The lowest BCUT2D eigenvalue weighted by atomic mass is 9.89. The van der Waals surface area contributed by atoms with E-state index in [-0.39, 0.29) is 30.1 Å². The molecule has 4 heteroatoms. The zero-order valence-corrected chi connectivity index (χ0v) is 5.94. The van der Waals surface area contributed by atoms with Crippen molar-refractivity contribution in [3.05, 3.63) is 12.2 Å². The zero-order chi connectivity index (χ0) is 8.01. The fourth-order valence-electron chi connectivity index (χ4n) is 1.69. The van der Waals surface area contributed by atoms with Gasteiger partial charge in [-0.25, -0.2) is 0 Å². The van der Waals surface area contributed by atoms with Crippen LogP contribution in [0.15, 0.2) is 12.2 Å². The van der Waals surface area contributed by atoms with Gasteiger partial charge >= 0.3 is 0 Å². The molecule has 0 radical (unpaired) electrons. The van der Waals surface area contributed by atoms with E-state index in [1.807, 2.05) is 12.2 Å². The van der Waals surface area contributed by atoms with Gasteiger partial charge in [-0.1, -0.05) is 12.2 Å². The molecule has 0 spiro atoms. The van der Waals surface area contributed by atoms with Gasteiger partial charge in [0.2, 0.25) is 5.91 Å². The third-order valence-electron chi connectivity index (χ3n) is 2.28. The van der Waals surface area contributed by atoms with Gasteiger partial charge in [0.05, 0.1) is 18.1 Å². The second-order valence-electron chi connectivity index (χ2n) is 2.96. The van der Waals surface area contributed by atoms with Crippen LogP contribution in [0.4, 0.5) is 0 Å². The van der Waals surface area contributed by atoms with Crippen LogP contribution in [-0.2, 0) is 9.53 Å². The van der Waals surface area contributed by atoms with Crippen molar-refractivity contribution in [1.29, 1.82) is 0 Å². The van der Waals surface area contributed by atoms with Crippen LogP contribution in [0.1, 0.15) is 0 Å². The molecule has 0 unspecified atom stereocenters. The van der Waals surface area contributed by atoms with E-state index in [9.17, 15) is 4.79 Å². The van der Waals surface area contributed by atoms with Crippen molar-refractivity contribution in [2.45, 2.75) is 18.2 Å². The van der Waals surface area contributed by atoms with E-state index in [1.54, 1.807) is 0 Å². The maximum Gasteiger partial charge on any atom is 0.225 e. The molecule has 2 rings (SSSR count). The first kappa shape index (κ1) is 6.82. The van der Waals surface area contributed by atoms with Gasteiger partial charge in [-0.3, -0.25) is 4.79 Å². The highest BCUT2D eigenvalue weighted by Gasteiger charge is 2.46.